The maximum absolute atomic E-state index is 9.93. The van der Waals surface area contributed by atoms with Gasteiger partial charge in [0.1, 0.15) is 18.5 Å². The molecule has 0 amide bonds. The van der Waals surface area contributed by atoms with Crippen LogP contribution in [0.15, 0.2) is 18.2 Å². The van der Waals surface area contributed by atoms with Crippen LogP contribution < -0.4 is 10.1 Å². The average molecular weight is 295 g/mol. The monoisotopic (exact) mass is 295 g/mol. The molecule has 1 saturated heterocycles. The molecule has 2 unspecified atom stereocenters. The number of aryl methyl sites for hydroxylation is 2. The van der Waals surface area contributed by atoms with Gasteiger partial charge in [-0.05, 0) is 25.5 Å². The molecule has 2 atom stereocenters. The Hall–Kier alpha value is -1.14. The van der Waals surface area contributed by atoms with E-state index >= 15 is 0 Å². The van der Waals surface area contributed by atoms with E-state index in [-0.39, 0.29) is 12.7 Å². The maximum atomic E-state index is 9.93. The predicted molar refractivity (Wildman–Crippen MR) is 80.8 cm³/mol. The molecule has 0 bridgehead atoms. The summed E-state index contributed by atoms with van der Waals surface area (Å²) in [6.45, 7) is 7.42. The summed E-state index contributed by atoms with van der Waals surface area (Å²) < 4.78 is 16.5. The van der Waals surface area contributed by atoms with Gasteiger partial charge in [-0.1, -0.05) is 17.7 Å². The second-order valence-electron chi connectivity index (χ2n) is 5.46. The summed E-state index contributed by atoms with van der Waals surface area (Å²) in [5.74, 6) is 0.823. The van der Waals surface area contributed by atoms with Crippen molar-refractivity contribution < 1.29 is 19.3 Å². The van der Waals surface area contributed by atoms with Gasteiger partial charge >= 0.3 is 0 Å². The normalized spacial score (nSPS) is 20.2. The van der Waals surface area contributed by atoms with Gasteiger partial charge in [0.25, 0.3) is 0 Å². The van der Waals surface area contributed by atoms with Crippen LogP contribution in [0.3, 0.4) is 0 Å². The second kappa shape index (κ2) is 8.34. The van der Waals surface area contributed by atoms with Crippen LogP contribution in [0.4, 0.5) is 0 Å². The minimum atomic E-state index is -0.546. The largest absolute Gasteiger partial charge is 0.491 e. The SMILES string of the molecule is Cc1ccc(OCC(O)CNCC2COCCO2)c(C)c1. The first-order valence-electron chi connectivity index (χ1n) is 7.43. The van der Waals surface area contributed by atoms with Crippen LogP contribution in [0.5, 0.6) is 5.75 Å². The van der Waals surface area contributed by atoms with Crippen molar-refractivity contribution in [3.8, 4) is 5.75 Å². The van der Waals surface area contributed by atoms with E-state index in [1.165, 1.54) is 5.56 Å². The van der Waals surface area contributed by atoms with Gasteiger partial charge in [-0.3, -0.25) is 0 Å². The van der Waals surface area contributed by atoms with E-state index in [4.69, 9.17) is 14.2 Å². The summed E-state index contributed by atoms with van der Waals surface area (Å²) in [7, 11) is 0. The fraction of sp³-hybridized carbons (Fsp3) is 0.625. The Balaban J connectivity index is 1.63. The minimum absolute atomic E-state index is 0.0752. The van der Waals surface area contributed by atoms with Gasteiger partial charge in [0.2, 0.25) is 0 Å². The first-order chi connectivity index (χ1) is 10.1. The number of aliphatic hydroxyl groups is 1. The van der Waals surface area contributed by atoms with E-state index < -0.39 is 6.10 Å². The number of hydrogen-bond donors (Lipinski definition) is 2. The summed E-state index contributed by atoms with van der Waals surface area (Å²) in [4.78, 5) is 0. The van der Waals surface area contributed by atoms with E-state index in [0.29, 0.717) is 32.9 Å². The molecule has 1 aliphatic heterocycles. The average Bonchev–Trinajstić information content (AvgIpc) is 2.47. The Labute approximate surface area is 126 Å². The number of ether oxygens (including phenoxy) is 3. The molecular formula is C16H25NO4. The van der Waals surface area contributed by atoms with Gasteiger partial charge in [-0.15, -0.1) is 0 Å². The molecule has 1 fully saturated rings. The molecule has 5 nitrogen and oxygen atoms in total. The predicted octanol–water partition coefficient (Wildman–Crippen LogP) is 1.05. The molecule has 1 aromatic rings. The zero-order valence-corrected chi connectivity index (χ0v) is 12.8. The summed E-state index contributed by atoms with van der Waals surface area (Å²) in [5, 5.41) is 13.1. The van der Waals surface area contributed by atoms with Crippen LogP contribution in [-0.2, 0) is 9.47 Å². The van der Waals surface area contributed by atoms with Crippen molar-refractivity contribution in [1.29, 1.82) is 0 Å². The molecule has 1 aliphatic rings. The van der Waals surface area contributed by atoms with Crippen LogP contribution in [0, 0.1) is 13.8 Å². The molecule has 21 heavy (non-hydrogen) atoms. The molecule has 5 heteroatoms. The van der Waals surface area contributed by atoms with Crippen LogP contribution in [-0.4, -0.2) is 56.8 Å². The van der Waals surface area contributed by atoms with Crippen LogP contribution in [0.1, 0.15) is 11.1 Å². The number of aliphatic hydroxyl groups excluding tert-OH is 1. The third-order valence-electron chi connectivity index (χ3n) is 3.40. The van der Waals surface area contributed by atoms with Gasteiger partial charge in [-0.25, -0.2) is 0 Å². The lowest BCUT2D eigenvalue weighted by molar-refractivity contribution is -0.0869. The molecule has 0 radical (unpaired) electrons. The fourth-order valence-corrected chi connectivity index (χ4v) is 2.27. The van der Waals surface area contributed by atoms with Crippen LogP contribution >= 0.6 is 0 Å². The van der Waals surface area contributed by atoms with Crippen molar-refractivity contribution in [1.82, 2.24) is 5.32 Å². The third kappa shape index (κ3) is 5.63. The molecule has 0 aliphatic carbocycles. The maximum Gasteiger partial charge on any atom is 0.122 e. The minimum Gasteiger partial charge on any atom is -0.491 e. The van der Waals surface area contributed by atoms with E-state index in [1.54, 1.807) is 0 Å². The number of benzene rings is 1. The van der Waals surface area contributed by atoms with Crippen molar-refractivity contribution in [2.75, 3.05) is 39.5 Å². The van der Waals surface area contributed by atoms with E-state index in [2.05, 4.69) is 11.4 Å². The number of nitrogens with one attached hydrogen (secondary N) is 1. The molecular weight excluding hydrogens is 270 g/mol. The molecule has 1 aromatic carbocycles. The van der Waals surface area contributed by atoms with Crippen molar-refractivity contribution in [2.45, 2.75) is 26.1 Å². The van der Waals surface area contributed by atoms with E-state index in [9.17, 15) is 5.11 Å². The van der Waals surface area contributed by atoms with E-state index in [0.717, 1.165) is 11.3 Å². The zero-order chi connectivity index (χ0) is 15.1. The Kier molecular flexibility index (Phi) is 6.45. The highest BCUT2D eigenvalue weighted by Crippen LogP contribution is 2.18. The standard InChI is InChI=1S/C16H25NO4/c1-12-3-4-16(13(2)7-12)21-10-14(18)8-17-9-15-11-19-5-6-20-15/h3-4,7,14-15,17-18H,5-6,8-11H2,1-2H3. The molecule has 2 rings (SSSR count). The summed E-state index contributed by atoms with van der Waals surface area (Å²) in [5.41, 5.74) is 2.29. The Morgan fingerprint density at radius 2 is 2.24 bits per heavy atom. The number of rotatable bonds is 7. The third-order valence-corrected chi connectivity index (χ3v) is 3.40. The number of hydrogen-bond acceptors (Lipinski definition) is 5. The smallest absolute Gasteiger partial charge is 0.122 e. The highest BCUT2D eigenvalue weighted by molar-refractivity contribution is 5.35. The molecule has 1 heterocycles. The van der Waals surface area contributed by atoms with Gasteiger partial charge in [0, 0.05) is 13.1 Å². The fourth-order valence-electron chi connectivity index (χ4n) is 2.27. The molecule has 118 valence electrons. The molecule has 2 N–H and O–H groups in total. The second-order valence-corrected chi connectivity index (χ2v) is 5.46. The van der Waals surface area contributed by atoms with Crippen molar-refractivity contribution in [3.63, 3.8) is 0 Å². The molecule has 0 spiro atoms. The molecule has 0 aromatic heterocycles. The lowest BCUT2D eigenvalue weighted by atomic mass is 10.1. The first-order valence-corrected chi connectivity index (χ1v) is 7.43. The van der Waals surface area contributed by atoms with Gasteiger partial charge in [-0.2, -0.15) is 0 Å². The van der Waals surface area contributed by atoms with Gasteiger partial charge in [0.15, 0.2) is 0 Å². The van der Waals surface area contributed by atoms with Crippen LogP contribution in [0.2, 0.25) is 0 Å². The Morgan fingerprint density at radius 3 is 2.95 bits per heavy atom. The van der Waals surface area contributed by atoms with Crippen molar-refractivity contribution in [2.24, 2.45) is 0 Å². The summed E-state index contributed by atoms with van der Waals surface area (Å²) >= 11 is 0. The molecule has 0 saturated carbocycles. The quantitative estimate of drug-likeness (QED) is 0.787. The lowest BCUT2D eigenvalue weighted by Crippen LogP contribution is -2.41. The van der Waals surface area contributed by atoms with Crippen LogP contribution in [0.25, 0.3) is 0 Å². The van der Waals surface area contributed by atoms with Crippen molar-refractivity contribution in [3.05, 3.63) is 29.3 Å². The van der Waals surface area contributed by atoms with Gasteiger partial charge < -0.3 is 24.6 Å². The zero-order valence-electron chi connectivity index (χ0n) is 12.8. The van der Waals surface area contributed by atoms with Crippen molar-refractivity contribution >= 4 is 0 Å². The lowest BCUT2D eigenvalue weighted by Gasteiger charge is -2.23. The highest BCUT2D eigenvalue weighted by atomic mass is 16.6. The summed E-state index contributed by atoms with van der Waals surface area (Å²) in [6.07, 6.45) is -0.471. The van der Waals surface area contributed by atoms with Gasteiger partial charge in [0.05, 0.1) is 25.9 Å². The summed E-state index contributed by atoms with van der Waals surface area (Å²) in [6, 6.07) is 6.02. The Bertz CT molecular complexity index is 432. The topological polar surface area (TPSA) is 60.0 Å². The highest BCUT2D eigenvalue weighted by Gasteiger charge is 2.14. The van der Waals surface area contributed by atoms with E-state index in [1.807, 2.05) is 26.0 Å². The first kappa shape index (κ1) is 16.2. The Morgan fingerprint density at radius 1 is 1.38 bits per heavy atom.